The lowest BCUT2D eigenvalue weighted by molar-refractivity contribution is -0.0215. The molecule has 5 heteroatoms. The average Bonchev–Trinajstić information content (AvgIpc) is 2.92. The number of aliphatic hydroxyl groups is 1. The molecule has 1 N–H and O–H groups in total. The van der Waals surface area contributed by atoms with Crippen molar-refractivity contribution in [3.8, 4) is 0 Å². The molecule has 0 saturated carbocycles. The van der Waals surface area contributed by atoms with Gasteiger partial charge in [-0.1, -0.05) is 12.1 Å². The van der Waals surface area contributed by atoms with E-state index in [1.165, 1.54) is 15.6 Å². The van der Waals surface area contributed by atoms with Crippen molar-refractivity contribution in [2.45, 2.75) is 32.3 Å². The molecule has 0 aliphatic carbocycles. The Morgan fingerprint density at radius 3 is 2.77 bits per heavy atom. The minimum Gasteiger partial charge on any atom is -0.450 e. The number of likely N-dealkylation sites (tertiary alicyclic amines) is 1. The molecule has 0 unspecified atom stereocenters. The highest BCUT2D eigenvalue weighted by atomic mass is 32.1. The molecular weight excluding hydrogens is 298 g/mol. The van der Waals surface area contributed by atoms with Gasteiger partial charge in [-0.2, -0.15) is 0 Å². The lowest BCUT2D eigenvalue weighted by Crippen LogP contribution is -2.45. The van der Waals surface area contributed by atoms with Crippen LogP contribution in [0.1, 0.15) is 30.2 Å². The van der Waals surface area contributed by atoms with Gasteiger partial charge in [-0.3, -0.25) is 0 Å². The van der Waals surface area contributed by atoms with E-state index in [2.05, 4.69) is 31.2 Å². The van der Waals surface area contributed by atoms with Crippen LogP contribution in [0, 0.1) is 6.92 Å². The van der Waals surface area contributed by atoms with E-state index in [4.69, 9.17) is 4.74 Å². The fourth-order valence-corrected chi connectivity index (χ4v) is 4.19. The number of piperidine rings is 1. The van der Waals surface area contributed by atoms with Crippen molar-refractivity contribution in [2.75, 3.05) is 19.7 Å². The first kappa shape index (κ1) is 15.3. The number of hydrogen-bond acceptors (Lipinski definition) is 4. The molecule has 1 fully saturated rings. The first-order chi connectivity index (χ1) is 10.5. The summed E-state index contributed by atoms with van der Waals surface area (Å²) >= 11 is 1.65. The summed E-state index contributed by atoms with van der Waals surface area (Å²) < 4.78 is 6.23. The maximum atomic E-state index is 11.7. The Balaban J connectivity index is 1.77. The minimum absolute atomic E-state index is 0.281. The van der Waals surface area contributed by atoms with Gasteiger partial charge in [-0.25, -0.2) is 4.79 Å². The fraction of sp³-hybridized carbons (Fsp3) is 0.471. The summed E-state index contributed by atoms with van der Waals surface area (Å²) in [5, 5.41) is 12.1. The zero-order valence-electron chi connectivity index (χ0n) is 13.0. The van der Waals surface area contributed by atoms with Crippen LogP contribution in [0.15, 0.2) is 24.3 Å². The molecule has 4 nitrogen and oxygen atoms in total. The molecule has 2 heterocycles. The van der Waals surface area contributed by atoms with Crippen LogP contribution in [0.25, 0.3) is 10.1 Å². The first-order valence-electron chi connectivity index (χ1n) is 7.66. The van der Waals surface area contributed by atoms with Gasteiger partial charge < -0.3 is 14.7 Å². The average molecular weight is 319 g/mol. The molecular formula is C17H21NO3S. The van der Waals surface area contributed by atoms with Gasteiger partial charge in [0.2, 0.25) is 0 Å². The number of fused-ring (bicyclic) bond motifs is 1. The minimum atomic E-state index is -0.833. The lowest BCUT2D eigenvalue weighted by Gasteiger charge is -2.37. The van der Waals surface area contributed by atoms with Gasteiger partial charge in [0.05, 0.1) is 6.61 Å². The Morgan fingerprint density at radius 1 is 1.36 bits per heavy atom. The molecule has 0 atom stereocenters. The van der Waals surface area contributed by atoms with Crippen LogP contribution >= 0.6 is 11.3 Å². The smallest absolute Gasteiger partial charge is 0.409 e. The molecule has 3 rings (SSSR count). The van der Waals surface area contributed by atoms with Gasteiger partial charge >= 0.3 is 6.09 Å². The zero-order chi connectivity index (χ0) is 15.7. The van der Waals surface area contributed by atoms with E-state index in [1.54, 1.807) is 23.2 Å². The van der Waals surface area contributed by atoms with Gasteiger partial charge in [-0.15, -0.1) is 11.3 Å². The number of ether oxygens (including phenoxy) is 1. The molecule has 0 bridgehead atoms. The summed E-state index contributed by atoms with van der Waals surface area (Å²) in [6.07, 6.45) is 0.825. The summed E-state index contributed by atoms with van der Waals surface area (Å²) in [7, 11) is 0. The lowest BCUT2D eigenvalue weighted by atomic mass is 9.90. The van der Waals surface area contributed by atoms with Crippen molar-refractivity contribution >= 4 is 27.5 Å². The number of rotatable bonds is 2. The summed E-state index contributed by atoms with van der Waals surface area (Å²) in [6, 6.07) is 8.42. The zero-order valence-corrected chi connectivity index (χ0v) is 13.8. The van der Waals surface area contributed by atoms with E-state index in [0.717, 1.165) is 4.88 Å². The van der Waals surface area contributed by atoms with Gasteiger partial charge in [0, 0.05) is 22.7 Å². The molecule has 1 aliphatic heterocycles. The second-order valence-electron chi connectivity index (χ2n) is 5.87. The molecule has 22 heavy (non-hydrogen) atoms. The number of amides is 1. The maximum absolute atomic E-state index is 11.7. The predicted molar refractivity (Wildman–Crippen MR) is 88.3 cm³/mol. The number of hydrogen-bond donors (Lipinski definition) is 1. The molecule has 1 saturated heterocycles. The number of carbonyl (C=O) groups excluding carboxylic acids is 1. The second-order valence-corrected chi connectivity index (χ2v) is 6.95. The Kier molecular flexibility index (Phi) is 4.10. The van der Waals surface area contributed by atoms with E-state index in [1.807, 2.05) is 0 Å². The number of thiophene rings is 1. The van der Waals surface area contributed by atoms with Crippen molar-refractivity contribution in [1.29, 1.82) is 0 Å². The summed E-state index contributed by atoms with van der Waals surface area (Å²) in [4.78, 5) is 14.4. The van der Waals surface area contributed by atoms with Crippen molar-refractivity contribution < 1.29 is 14.6 Å². The van der Waals surface area contributed by atoms with Gasteiger partial charge in [0.25, 0.3) is 0 Å². The van der Waals surface area contributed by atoms with Gasteiger partial charge in [0.15, 0.2) is 0 Å². The Bertz CT molecular complexity index is 686. The third-order valence-electron chi connectivity index (χ3n) is 4.25. The van der Waals surface area contributed by atoms with Crippen molar-refractivity contribution in [1.82, 2.24) is 4.90 Å². The van der Waals surface area contributed by atoms with Gasteiger partial charge in [0.1, 0.15) is 5.60 Å². The molecule has 1 aromatic heterocycles. The van der Waals surface area contributed by atoms with Crippen molar-refractivity contribution in [3.63, 3.8) is 0 Å². The molecule has 1 aliphatic rings. The molecule has 0 radical (unpaired) electrons. The van der Waals surface area contributed by atoms with Crippen molar-refractivity contribution in [3.05, 3.63) is 34.7 Å². The van der Waals surface area contributed by atoms with E-state index in [-0.39, 0.29) is 6.09 Å². The molecule has 0 spiro atoms. The molecule has 1 aromatic carbocycles. The van der Waals surface area contributed by atoms with Crippen LogP contribution in [-0.4, -0.2) is 35.8 Å². The predicted octanol–water partition coefficient (Wildman–Crippen LogP) is 3.65. The quantitative estimate of drug-likeness (QED) is 0.919. The summed E-state index contributed by atoms with van der Waals surface area (Å²) in [5.74, 6) is 0. The van der Waals surface area contributed by atoms with E-state index in [0.29, 0.717) is 32.5 Å². The highest BCUT2D eigenvalue weighted by Gasteiger charge is 2.37. The first-order valence-corrected chi connectivity index (χ1v) is 8.48. The Labute approximate surface area is 134 Å². The fourth-order valence-electron chi connectivity index (χ4n) is 2.89. The van der Waals surface area contributed by atoms with E-state index < -0.39 is 5.60 Å². The highest BCUT2D eigenvalue weighted by Crippen LogP contribution is 2.39. The van der Waals surface area contributed by atoms with Crippen LogP contribution < -0.4 is 0 Å². The number of carbonyl (C=O) groups is 1. The molecule has 1 amide bonds. The van der Waals surface area contributed by atoms with Crippen LogP contribution in [0.2, 0.25) is 0 Å². The topological polar surface area (TPSA) is 49.8 Å². The maximum Gasteiger partial charge on any atom is 0.409 e. The van der Waals surface area contributed by atoms with Gasteiger partial charge in [-0.05, 0) is 49.8 Å². The molecule has 118 valence electrons. The van der Waals surface area contributed by atoms with Crippen LogP contribution in [0.4, 0.5) is 4.79 Å². The SMILES string of the molecule is CCOC(=O)N1CCC(O)(c2cc3ccc(C)cc3s2)CC1. The Hall–Kier alpha value is -1.59. The Morgan fingerprint density at radius 2 is 2.09 bits per heavy atom. The third kappa shape index (κ3) is 2.83. The standard InChI is InChI=1S/C17H21NO3S/c1-3-21-16(19)18-8-6-17(20,7-9-18)15-11-13-5-4-12(2)10-14(13)22-15/h4-5,10-11,20H,3,6-9H2,1-2H3. The third-order valence-corrected chi connectivity index (χ3v) is 5.54. The number of nitrogens with zero attached hydrogens (tertiary/aromatic N) is 1. The van der Waals surface area contributed by atoms with Crippen LogP contribution in [0.5, 0.6) is 0 Å². The summed E-state index contributed by atoms with van der Waals surface area (Å²) in [6.45, 7) is 5.32. The van der Waals surface area contributed by atoms with Crippen LogP contribution in [0.3, 0.4) is 0 Å². The van der Waals surface area contributed by atoms with E-state index in [9.17, 15) is 9.90 Å². The number of benzene rings is 1. The number of aryl methyl sites for hydroxylation is 1. The van der Waals surface area contributed by atoms with Crippen LogP contribution in [-0.2, 0) is 10.3 Å². The molecule has 2 aromatic rings. The monoisotopic (exact) mass is 319 g/mol. The largest absolute Gasteiger partial charge is 0.450 e. The summed E-state index contributed by atoms with van der Waals surface area (Å²) in [5.41, 5.74) is 0.394. The highest BCUT2D eigenvalue weighted by molar-refractivity contribution is 7.19. The van der Waals surface area contributed by atoms with Crippen molar-refractivity contribution in [2.24, 2.45) is 0 Å². The van der Waals surface area contributed by atoms with E-state index >= 15 is 0 Å². The second kappa shape index (κ2) is 5.89. The normalized spacial score (nSPS) is 17.7.